The molecule has 0 aromatic carbocycles. The second-order valence-electron chi connectivity index (χ2n) is 4.89. The van der Waals surface area contributed by atoms with Crippen molar-refractivity contribution in [3.05, 3.63) is 5.89 Å². The van der Waals surface area contributed by atoms with Crippen LogP contribution in [0.5, 0.6) is 0 Å². The molecule has 2 saturated heterocycles. The van der Waals surface area contributed by atoms with Gasteiger partial charge in [-0.2, -0.15) is 0 Å². The summed E-state index contributed by atoms with van der Waals surface area (Å²) in [7, 11) is 0. The van der Waals surface area contributed by atoms with Crippen LogP contribution in [0.2, 0.25) is 0 Å². The number of carbonyl (C=O) groups is 1. The number of rotatable bonds is 2. The molecule has 7 heteroatoms. The van der Waals surface area contributed by atoms with E-state index < -0.39 is 0 Å². The lowest BCUT2D eigenvalue weighted by atomic mass is 9.85. The third kappa shape index (κ3) is 2.05. The van der Waals surface area contributed by atoms with Crippen LogP contribution in [0, 0.1) is 5.92 Å². The summed E-state index contributed by atoms with van der Waals surface area (Å²) in [4.78, 5) is 13.4. The number of carbonyl (C=O) groups excluding carboxylic acids is 1. The Morgan fingerprint density at radius 3 is 3.11 bits per heavy atom. The SMILES string of the molecule is NCc1nnc(N2CCC3NC(=O)CCC3C2)o1. The molecule has 1 aromatic heterocycles. The molecule has 3 rings (SSSR count). The van der Waals surface area contributed by atoms with E-state index in [-0.39, 0.29) is 12.5 Å². The average Bonchev–Trinajstić information content (AvgIpc) is 2.87. The smallest absolute Gasteiger partial charge is 0.318 e. The van der Waals surface area contributed by atoms with E-state index >= 15 is 0 Å². The number of nitrogens with zero attached hydrogens (tertiary/aromatic N) is 3. The zero-order valence-corrected chi connectivity index (χ0v) is 10.1. The third-order valence-electron chi connectivity index (χ3n) is 3.72. The van der Waals surface area contributed by atoms with Gasteiger partial charge in [-0.3, -0.25) is 4.79 Å². The maximum atomic E-state index is 11.3. The van der Waals surface area contributed by atoms with E-state index in [0.717, 1.165) is 25.9 Å². The first-order valence-corrected chi connectivity index (χ1v) is 6.33. The number of piperidine rings is 2. The fraction of sp³-hybridized carbons (Fsp3) is 0.727. The Morgan fingerprint density at radius 2 is 2.33 bits per heavy atom. The van der Waals surface area contributed by atoms with Crippen LogP contribution in [-0.4, -0.2) is 35.2 Å². The van der Waals surface area contributed by atoms with Gasteiger partial charge in [-0.25, -0.2) is 0 Å². The van der Waals surface area contributed by atoms with Gasteiger partial charge >= 0.3 is 6.01 Å². The van der Waals surface area contributed by atoms with Gasteiger partial charge in [0, 0.05) is 25.6 Å². The third-order valence-corrected chi connectivity index (χ3v) is 3.72. The second kappa shape index (κ2) is 4.56. The number of hydrogen-bond donors (Lipinski definition) is 2. The molecule has 1 aromatic rings. The minimum absolute atomic E-state index is 0.174. The molecule has 2 unspecified atom stereocenters. The van der Waals surface area contributed by atoms with Gasteiger partial charge in [-0.1, -0.05) is 5.10 Å². The molecule has 2 aliphatic rings. The van der Waals surface area contributed by atoms with E-state index in [0.29, 0.717) is 30.3 Å². The van der Waals surface area contributed by atoms with E-state index in [1.807, 2.05) is 0 Å². The molecule has 18 heavy (non-hydrogen) atoms. The van der Waals surface area contributed by atoms with Crippen LogP contribution in [-0.2, 0) is 11.3 Å². The number of fused-ring (bicyclic) bond motifs is 1. The molecule has 98 valence electrons. The highest BCUT2D eigenvalue weighted by atomic mass is 16.4. The van der Waals surface area contributed by atoms with Crippen molar-refractivity contribution in [3.63, 3.8) is 0 Å². The normalized spacial score (nSPS) is 27.8. The van der Waals surface area contributed by atoms with Crippen molar-refractivity contribution in [1.29, 1.82) is 0 Å². The lowest BCUT2D eigenvalue weighted by molar-refractivity contribution is -0.124. The summed E-state index contributed by atoms with van der Waals surface area (Å²) in [6, 6.07) is 0.852. The van der Waals surface area contributed by atoms with E-state index in [1.54, 1.807) is 0 Å². The zero-order chi connectivity index (χ0) is 12.5. The number of amides is 1. The van der Waals surface area contributed by atoms with Gasteiger partial charge < -0.3 is 20.4 Å². The molecule has 0 radical (unpaired) electrons. The van der Waals surface area contributed by atoms with Gasteiger partial charge in [0.25, 0.3) is 0 Å². The summed E-state index contributed by atoms with van der Waals surface area (Å²) in [6.07, 6.45) is 2.48. The number of anilines is 1. The first-order chi connectivity index (χ1) is 8.76. The number of nitrogens with one attached hydrogen (secondary N) is 1. The summed E-state index contributed by atoms with van der Waals surface area (Å²) in [5.41, 5.74) is 5.45. The lowest BCUT2D eigenvalue weighted by Crippen LogP contribution is -2.54. The summed E-state index contributed by atoms with van der Waals surface area (Å²) in [5.74, 6) is 1.11. The van der Waals surface area contributed by atoms with Crippen molar-refractivity contribution in [1.82, 2.24) is 15.5 Å². The van der Waals surface area contributed by atoms with Crippen molar-refractivity contribution >= 4 is 11.9 Å². The second-order valence-corrected chi connectivity index (χ2v) is 4.89. The van der Waals surface area contributed by atoms with Gasteiger partial charge in [0.2, 0.25) is 11.8 Å². The highest BCUT2D eigenvalue weighted by molar-refractivity contribution is 5.77. The topological polar surface area (TPSA) is 97.3 Å². The van der Waals surface area contributed by atoms with Gasteiger partial charge in [-0.15, -0.1) is 5.10 Å². The molecule has 3 N–H and O–H groups in total. The number of hydrogen-bond acceptors (Lipinski definition) is 6. The van der Waals surface area contributed by atoms with Crippen molar-refractivity contribution < 1.29 is 9.21 Å². The van der Waals surface area contributed by atoms with Crippen LogP contribution in [0.4, 0.5) is 6.01 Å². The van der Waals surface area contributed by atoms with Gasteiger partial charge in [-0.05, 0) is 18.8 Å². The van der Waals surface area contributed by atoms with Crippen LogP contribution in [0.1, 0.15) is 25.2 Å². The first-order valence-electron chi connectivity index (χ1n) is 6.33. The molecule has 1 amide bonds. The molecule has 0 aliphatic carbocycles. The fourth-order valence-corrected chi connectivity index (χ4v) is 2.74. The Bertz CT molecular complexity index is 446. The molecule has 2 atom stereocenters. The summed E-state index contributed by atoms with van der Waals surface area (Å²) >= 11 is 0. The van der Waals surface area contributed by atoms with Crippen LogP contribution in [0.3, 0.4) is 0 Å². The van der Waals surface area contributed by atoms with Crippen LogP contribution in [0.25, 0.3) is 0 Å². The summed E-state index contributed by atoms with van der Waals surface area (Å²) in [5, 5.41) is 10.9. The van der Waals surface area contributed by atoms with Gasteiger partial charge in [0.05, 0.1) is 6.54 Å². The average molecular weight is 251 g/mol. The van der Waals surface area contributed by atoms with Crippen LogP contribution >= 0.6 is 0 Å². The van der Waals surface area contributed by atoms with Crippen molar-refractivity contribution in [2.24, 2.45) is 11.7 Å². The monoisotopic (exact) mass is 251 g/mol. The van der Waals surface area contributed by atoms with Crippen LogP contribution < -0.4 is 16.0 Å². The first kappa shape index (κ1) is 11.5. The molecular weight excluding hydrogens is 234 g/mol. The molecule has 0 bridgehead atoms. The highest BCUT2D eigenvalue weighted by Crippen LogP contribution is 2.27. The highest BCUT2D eigenvalue weighted by Gasteiger charge is 2.35. The predicted octanol–water partition coefficient (Wildman–Crippen LogP) is -0.367. The molecule has 0 saturated carbocycles. The maximum absolute atomic E-state index is 11.3. The summed E-state index contributed by atoms with van der Waals surface area (Å²) < 4.78 is 5.46. The van der Waals surface area contributed by atoms with E-state index in [1.165, 1.54) is 0 Å². The standard InChI is InChI=1S/C11H17N5O2/c12-5-10-14-15-11(18-10)16-4-3-8-7(6-16)1-2-9(17)13-8/h7-8H,1-6,12H2,(H,13,17). The Morgan fingerprint density at radius 1 is 1.44 bits per heavy atom. The summed E-state index contributed by atoms with van der Waals surface area (Å²) in [6.45, 7) is 1.95. The zero-order valence-electron chi connectivity index (χ0n) is 10.1. The van der Waals surface area contributed by atoms with E-state index in [9.17, 15) is 4.79 Å². The Labute approximate surface area is 105 Å². The maximum Gasteiger partial charge on any atom is 0.318 e. The largest absolute Gasteiger partial charge is 0.407 e. The lowest BCUT2D eigenvalue weighted by Gasteiger charge is -2.40. The van der Waals surface area contributed by atoms with Crippen molar-refractivity contribution in [3.8, 4) is 0 Å². The molecule has 2 aliphatic heterocycles. The van der Waals surface area contributed by atoms with E-state index in [4.69, 9.17) is 10.2 Å². The Balaban J connectivity index is 1.68. The Hall–Kier alpha value is -1.63. The fourth-order valence-electron chi connectivity index (χ4n) is 2.74. The molecule has 3 heterocycles. The van der Waals surface area contributed by atoms with E-state index in [2.05, 4.69) is 20.4 Å². The molecule has 0 spiro atoms. The van der Waals surface area contributed by atoms with Crippen LogP contribution in [0.15, 0.2) is 4.42 Å². The minimum Gasteiger partial charge on any atom is -0.407 e. The van der Waals surface area contributed by atoms with Gasteiger partial charge in [0.1, 0.15) is 0 Å². The minimum atomic E-state index is 0.174. The van der Waals surface area contributed by atoms with Gasteiger partial charge in [0.15, 0.2) is 0 Å². The predicted molar refractivity (Wildman–Crippen MR) is 63.7 cm³/mol. The number of aromatic nitrogens is 2. The molecule has 7 nitrogen and oxygen atoms in total. The molecule has 2 fully saturated rings. The van der Waals surface area contributed by atoms with Crippen molar-refractivity contribution in [2.75, 3.05) is 18.0 Å². The Kier molecular flexibility index (Phi) is 2.91. The number of nitrogens with two attached hydrogens (primary N) is 1. The molecular formula is C11H17N5O2. The quantitative estimate of drug-likeness (QED) is 0.744. The van der Waals surface area contributed by atoms with Crippen molar-refractivity contribution in [2.45, 2.75) is 31.8 Å².